The van der Waals surface area contributed by atoms with Crippen LogP contribution in [0.2, 0.25) is 0 Å². The molecule has 2 heteroatoms. The first-order valence-electron chi connectivity index (χ1n) is 4.66. The second-order valence-corrected chi connectivity index (χ2v) is 4.43. The first-order valence-corrected chi connectivity index (χ1v) is 4.66. The molecule has 0 aromatic rings. The summed E-state index contributed by atoms with van der Waals surface area (Å²) >= 11 is 0. The van der Waals surface area contributed by atoms with Crippen molar-refractivity contribution < 1.29 is 9.90 Å². The molecule has 0 spiro atoms. The van der Waals surface area contributed by atoms with Crippen molar-refractivity contribution in [2.45, 2.75) is 46.1 Å². The average Bonchev–Trinajstić information content (AvgIpc) is 1.97. The Labute approximate surface area is 74.0 Å². The van der Waals surface area contributed by atoms with Gasteiger partial charge in [0.25, 0.3) is 0 Å². The van der Waals surface area contributed by atoms with Crippen molar-refractivity contribution in [3.05, 3.63) is 0 Å². The van der Waals surface area contributed by atoms with Crippen LogP contribution in [0, 0.1) is 11.3 Å². The van der Waals surface area contributed by atoms with Crippen LogP contribution in [0.3, 0.4) is 0 Å². The Morgan fingerprint density at radius 3 is 2.58 bits per heavy atom. The molecule has 1 rings (SSSR count). The van der Waals surface area contributed by atoms with Crippen molar-refractivity contribution in [1.82, 2.24) is 0 Å². The molecule has 0 bridgehead atoms. The van der Waals surface area contributed by atoms with Gasteiger partial charge < -0.3 is 5.11 Å². The van der Waals surface area contributed by atoms with Crippen LogP contribution in [0.5, 0.6) is 0 Å². The van der Waals surface area contributed by atoms with E-state index in [1.54, 1.807) is 0 Å². The molecule has 12 heavy (non-hydrogen) atoms. The molecular formula is C10H18O2. The van der Waals surface area contributed by atoms with Crippen molar-refractivity contribution in [2.24, 2.45) is 11.3 Å². The lowest BCUT2D eigenvalue weighted by Crippen LogP contribution is -2.42. The maximum atomic E-state index is 11.2. The minimum Gasteiger partial charge on any atom is -0.393 e. The Hall–Kier alpha value is -0.370. The van der Waals surface area contributed by atoms with Gasteiger partial charge in [-0.05, 0) is 12.3 Å². The highest BCUT2D eigenvalue weighted by molar-refractivity contribution is 5.80. The van der Waals surface area contributed by atoms with E-state index in [0.717, 1.165) is 0 Å². The lowest BCUT2D eigenvalue weighted by Gasteiger charge is -2.41. The Kier molecular flexibility index (Phi) is 2.57. The summed E-state index contributed by atoms with van der Waals surface area (Å²) in [5.74, 6) is 0.674. The SMILES string of the molecule is CC(C)C1(C)CC(=O)CC[C@@H]1O. The molecule has 1 N–H and O–H groups in total. The lowest BCUT2D eigenvalue weighted by atomic mass is 9.66. The monoisotopic (exact) mass is 170 g/mol. The zero-order valence-corrected chi connectivity index (χ0v) is 8.13. The fourth-order valence-electron chi connectivity index (χ4n) is 1.85. The number of carbonyl (C=O) groups excluding carboxylic acids is 1. The molecule has 0 radical (unpaired) electrons. The molecule has 70 valence electrons. The van der Waals surface area contributed by atoms with Gasteiger partial charge in [-0.1, -0.05) is 20.8 Å². The fraction of sp³-hybridized carbons (Fsp3) is 0.900. The van der Waals surface area contributed by atoms with E-state index in [4.69, 9.17) is 0 Å². The number of carbonyl (C=O) groups is 1. The highest BCUT2D eigenvalue weighted by Crippen LogP contribution is 2.40. The van der Waals surface area contributed by atoms with Crippen molar-refractivity contribution in [3.63, 3.8) is 0 Å². The zero-order chi connectivity index (χ0) is 9.35. The number of aliphatic hydroxyl groups is 1. The molecule has 0 saturated heterocycles. The van der Waals surface area contributed by atoms with E-state index in [1.807, 2.05) is 6.92 Å². The summed E-state index contributed by atoms with van der Waals surface area (Å²) in [5, 5.41) is 9.76. The standard InChI is InChI=1S/C10H18O2/c1-7(2)10(3)6-8(11)4-5-9(10)12/h7,9,12H,4-6H2,1-3H3/t9-,10?/m0/s1. The highest BCUT2D eigenvalue weighted by Gasteiger charge is 2.41. The quantitative estimate of drug-likeness (QED) is 0.651. The number of hydrogen-bond acceptors (Lipinski definition) is 2. The van der Waals surface area contributed by atoms with Gasteiger partial charge in [0, 0.05) is 18.3 Å². The van der Waals surface area contributed by atoms with Gasteiger partial charge in [-0.2, -0.15) is 0 Å². The summed E-state index contributed by atoms with van der Waals surface area (Å²) < 4.78 is 0. The van der Waals surface area contributed by atoms with Crippen LogP contribution in [0.25, 0.3) is 0 Å². The molecule has 0 aromatic carbocycles. The fourth-order valence-corrected chi connectivity index (χ4v) is 1.85. The van der Waals surface area contributed by atoms with E-state index >= 15 is 0 Å². The van der Waals surface area contributed by atoms with Crippen LogP contribution in [0.1, 0.15) is 40.0 Å². The molecule has 2 atom stereocenters. The summed E-state index contributed by atoms with van der Waals surface area (Å²) in [5.41, 5.74) is -0.185. The van der Waals surface area contributed by atoms with Crippen molar-refractivity contribution in [1.29, 1.82) is 0 Å². The molecule has 1 aliphatic carbocycles. The zero-order valence-electron chi connectivity index (χ0n) is 8.13. The minimum atomic E-state index is -0.296. The van der Waals surface area contributed by atoms with Gasteiger partial charge in [0.1, 0.15) is 5.78 Å². The molecular weight excluding hydrogens is 152 g/mol. The van der Waals surface area contributed by atoms with Crippen LogP contribution in [0.15, 0.2) is 0 Å². The molecule has 1 unspecified atom stereocenters. The van der Waals surface area contributed by atoms with E-state index in [0.29, 0.717) is 31.0 Å². The third kappa shape index (κ3) is 1.53. The third-order valence-electron chi connectivity index (χ3n) is 3.35. The molecule has 1 fully saturated rings. The van der Waals surface area contributed by atoms with E-state index < -0.39 is 0 Å². The normalized spacial score (nSPS) is 37.4. The second-order valence-electron chi connectivity index (χ2n) is 4.43. The molecule has 1 aliphatic rings. The molecule has 0 aliphatic heterocycles. The van der Waals surface area contributed by atoms with Crippen molar-refractivity contribution >= 4 is 5.78 Å². The number of rotatable bonds is 1. The van der Waals surface area contributed by atoms with Crippen LogP contribution < -0.4 is 0 Å². The van der Waals surface area contributed by atoms with Crippen LogP contribution in [0.4, 0.5) is 0 Å². The van der Waals surface area contributed by atoms with Crippen molar-refractivity contribution in [3.8, 4) is 0 Å². The van der Waals surface area contributed by atoms with Gasteiger partial charge in [0.05, 0.1) is 6.10 Å². The van der Waals surface area contributed by atoms with Crippen LogP contribution in [-0.2, 0) is 4.79 Å². The Morgan fingerprint density at radius 1 is 1.58 bits per heavy atom. The average molecular weight is 170 g/mol. The molecule has 0 heterocycles. The topological polar surface area (TPSA) is 37.3 Å². The van der Waals surface area contributed by atoms with Crippen LogP contribution in [-0.4, -0.2) is 17.0 Å². The van der Waals surface area contributed by atoms with E-state index in [1.165, 1.54) is 0 Å². The molecule has 1 saturated carbocycles. The first kappa shape index (κ1) is 9.72. The van der Waals surface area contributed by atoms with E-state index in [2.05, 4.69) is 13.8 Å². The summed E-state index contributed by atoms with van der Waals surface area (Å²) in [6.07, 6.45) is 1.46. The predicted octanol–water partition coefficient (Wildman–Crippen LogP) is 1.76. The van der Waals surface area contributed by atoms with Gasteiger partial charge in [-0.25, -0.2) is 0 Å². The maximum Gasteiger partial charge on any atom is 0.133 e. The summed E-state index contributed by atoms with van der Waals surface area (Å²) in [4.78, 5) is 11.2. The highest BCUT2D eigenvalue weighted by atomic mass is 16.3. The van der Waals surface area contributed by atoms with Gasteiger partial charge in [-0.3, -0.25) is 4.79 Å². The third-order valence-corrected chi connectivity index (χ3v) is 3.35. The number of aliphatic hydroxyl groups excluding tert-OH is 1. The van der Waals surface area contributed by atoms with Crippen LogP contribution >= 0.6 is 0 Å². The lowest BCUT2D eigenvalue weighted by molar-refractivity contribution is -0.131. The van der Waals surface area contributed by atoms with Gasteiger partial charge in [0.15, 0.2) is 0 Å². The van der Waals surface area contributed by atoms with Gasteiger partial charge in [-0.15, -0.1) is 0 Å². The van der Waals surface area contributed by atoms with Gasteiger partial charge >= 0.3 is 0 Å². The first-order chi connectivity index (χ1) is 5.47. The predicted molar refractivity (Wildman–Crippen MR) is 47.8 cm³/mol. The smallest absolute Gasteiger partial charge is 0.133 e. The number of hydrogen-bond donors (Lipinski definition) is 1. The largest absolute Gasteiger partial charge is 0.393 e. The van der Waals surface area contributed by atoms with E-state index in [9.17, 15) is 9.90 Å². The number of Topliss-reactive ketones (excluding diaryl/α,β-unsaturated/α-hetero) is 1. The summed E-state index contributed by atoms with van der Waals surface area (Å²) in [6, 6.07) is 0. The minimum absolute atomic E-state index is 0.185. The molecule has 2 nitrogen and oxygen atoms in total. The number of ketones is 1. The van der Waals surface area contributed by atoms with E-state index in [-0.39, 0.29) is 11.5 Å². The summed E-state index contributed by atoms with van der Waals surface area (Å²) in [6.45, 7) is 6.16. The van der Waals surface area contributed by atoms with Crippen molar-refractivity contribution in [2.75, 3.05) is 0 Å². The second kappa shape index (κ2) is 3.17. The molecule has 0 amide bonds. The maximum absolute atomic E-state index is 11.2. The Bertz CT molecular complexity index is 186. The summed E-state index contributed by atoms with van der Waals surface area (Å²) in [7, 11) is 0. The Morgan fingerprint density at radius 2 is 2.17 bits per heavy atom. The van der Waals surface area contributed by atoms with Gasteiger partial charge in [0.2, 0.25) is 0 Å². The Balaban J connectivity index is 2.77. The molecule has 0 aromatic heterocycles.